The smallest absolute Gasteiger partial charge is 0.295 e. The Balaban J connectivity index is 2.17. The van der Waals surface area contributed by atoms with Crippen LogP contribution in [-0.2, 0) is 14.3 Å². The Hall–Kier alpha value is -3.32. The summed E-state index contributed by atoms with van der Waals surface area (Å²) in [6.45, 7) is 2.59. The fourth-order valence-electron chi connectivity index (χ4n) is 3.89. The molecule has 0 saturated carbocycles. The van der Waals surface area contributed by atoms with Gasteiger partial charge in [0, 0.05) is 31.4 Å². The quantitative estimate of drug-likeness (QED) is 0.302. The number of ketones is 1. The molecule has 0 bridgehead atoms. The van der Waals surface area contributed by atoms with E-state index < -0.39 is 17.7 Å². The lowest BCUT2D eigenvalue weighted by Gasteiger charge is -2.26. The summed E-state index contributed by atoms with van der Waals surface area (Å²) in [5.41, 5.74) is 1.91. The Labute approximate surface area is 181 Å². The van der Waals surface area contributed by atoms with Crippen molar-refractivity contribution in [3.63, 3.8) is 0 Å². The Morgan fingerprint density at radius 2 is 1.74 bits per heavy atom. The van der Waals surface area contributed by atoms with Crippen LogP contribution in [0.25, 0.3) is 5.76 Å². The van der Waals surface area contributed by atoms with Gasteiger partial charge >= 0.3 is 0 Å². The van der Waals surface area contributed by atoms with Gasteiger partial charge < -0.3 is 24.2 Å². The summed E-state index contributed by atoms with van der Waals surface area (Å²) >= 11 is 0. The van der Waals surface area contributed by atoms with Crippen molar-refractivity contribution in [1.82, 2.24) is 4.90 Å². The summed E-state index contributed by atoms with van der Waals surface area (Å²) in [5.74, 6) is -0.409. The third kappa shape index (κ3) is 4.27. The number of carbonyl (C=O) groups excluding carboxylic acids is 2. The van der Waals surface area contributed by atoms with E-state index in [0.29, 0.717) is 42.2 Å². The van der Waals surface area contributed by atoms with Crippen molar-refractivity contribution in [3.05, 3.63) is 64.7 Å². The van der Waals surface area contributed by atoms with E-state index in [4.69, 9.17) is 14.2 Å². The Morgan fingerprint density at radius 1 is 1.03 bits per heavy atom. The van der Waals surface area contributed by atoms with Crippen molar-refractivity contribution in [3.8, 4) is 11.5 Å². The summed E-state index contributed by atoms with van der Waals surface area (Å²) in [5, 5.41) is 11.2. The van der Waals surface area contributed by atoms with E-state index >= 15 is 0 Å². The second-order valence-corrected chi connectivity index (χ2v) is 7.27. The molecule has 1 saturated heterocycles. The van der Waals surface area contributed by atoms with Crippen molar-refractivity contribution < 1.29 is 28.9 Å². The summed E-state index contributed by atoms with van der Waals surface area (Å²) in [6.07, 6.45) is 0.552. The number of nitrogens with zero attached hydrogens (tertiary/aromatic N) is 1. The number of benzene rings is 2. The molecule has 164 valence electrons. The molecule has 31 heavy (non-hydrogen) atoms. The highest BCUT2D eigenvalue weighted by Gasteiger charge is 2.46. The number of carbonyl (C=O) groups is 2. The van der Waals surface area contributed by atoms with Crippen LogP contribution in [0, 0.1) is 6.92 Å². The number of hydrogen-bond donors (Lipinski definition) is 1. The molecule has 1 atom stereocenters. The van der Waals surface area contributed by atoms with Crippen LogP contribution in [0.15, 0.2) is 48.0 Å². The highest BCUT2D eigenvalue weighted by molar-refractivity contribution is 6.46. The van der Waals surface area contributed by atoms with E-state index in [2.05, 4.69) is 0 Å². The van der Waals surface area contributed by atoms with Crippen molar-refractivity contribution in [2.45, 2.75) is 19.4 Å². The van der Waals surface area contributed by atoms with Crippen molar-refractivity contribution in [1.29, 1.82) is 0 Å². The molecule has 1 unspecified atom stereocenters. The monoisotopic (exact) mass is 425 g/mol. The molecule has 1 heterocycles. The van der Waals surface area contributed by atoms with E-state index in [9.17, 15) is 14.7 Å². The summed E-state index contributed by atoms with van der Waals surface area (Å²) in [4.78, 5) is 27.4. The van der Waals surface area contributed by atoms with E-state index in [1.54, 1.807) is 44.6 Å². The number of likely N-dealkylation sites (tertiary alicyclic amines) is 1. The van der Waals surface area contributed by atoms with E-state index in [0.717, 1.165) is 5.56 Å². The number of amides is 1. The van der Waals surface area contributed by atoms with Crippen LogP contribution in [0.3, 0.4) is 0 Å². The zero-order valence-electron chi connectivity index (χ0n) is 18.2. The zero-order chi connectivity index (χ0) is 22.5. The van der Waals surface area contributed by atoms with Gasteiger partial charge in [0.25, 0.3) is 11.7 Å². The lowest BCUT2D eigenvalue weighted by atomic mass is 9.94. The number of aliphatic hydroxyl groups excluding tert-OH is 1. The first-order valence-electron chi connectivity index (χ1n) is 9.99. The van der Waals surface area contributed by atoms with Crippen LogP contribution in [0.1, 0.15) is 29.2 Å². The fraction of sp³-hybridized carbons (Fsp3) is 0.333. The second-order valence-electron chi connectivity index (χ2n) is 7.27. The third-order valence-electron chi connectivity index (χ3n) is 5.39. The summed E-state index contributed by atoms with van der Waals surface area (Å²) < 4.78 is 15.9. The average molecular weight is 425 g/mol. The van der Waals surface area contributed by atoms with Crippen molar-refractivity contribution >= 4 is 17.4 Å². The molecular weight excluding hydrogens is 398 g/mol. The molecule has 2 aromatic carbocycles. The van der Waals surface area contributed by atoms with Gasteiger partial charge in [-0.3, -0.25) is 9.59 Å². The van der Waals surface area contributed by atoms with Crippen LogP contribution >= 0.6 is 0 Å². The minimum atomic E-state index is -0.768. The maximum absolute atomic E-state index is 13.0. The van der Waals surface area contributed by atoms with E-state index in [-0.39, 0.29) is 11.3 Å². The van der Waals surface area contributed by atoms with E-state index in [1.807, 2.05) is 19.1 Å². The Kier molecular flexibility index (Phi) is 6.97. The number of methoxy groups -OCH3 is 3. The SMILES string of the molecule is COCCCN1C(=O)C(=O)C(=C(O)c2ccc(OC)c(C)c2)C1c1ccccc1OC. The van der Waals surface area contributed by atoms with Gasteiger partial charge in [0.15, 0.2) is 0 Å². The molecule has 1 aliphatic heterocycles. The van der Waals surface area contributed by atoms with Gasteiger partial charge in [0.2, 0.25) is 0 Å². The predicted octanol–water partition coefficient (Wildman–Crippen LogP) is 3.47. The number of ether oxygens (including phenoxy) is 3. The first-order chi connectivity index (χ1) is 14.9. The Morgan fingerprint density at radius 3 is 2.39 bits per heavy atom. The maximum atomic E-state index is 13.0. The molecule has 1 N–H and O–H groups in total. The van der Waals surface area contributed by atoms with E-state index in [1.165, 1.54) is 12.0 Å². The minimum Gasteiger partial charge on any atom is -0.507 e. The molecule has 1 fully saturated rings. The van der Waals surface area contributed by atoms with Crippen molar-refractivity contribution in [2.24, 2.45) is 0 Å². The first kappa shape index (κ1) is 22.4. The first-order valence-corrected chi connectivity index (χ1v) is 9.99. The van der Waals surface area contributed by atoms with Crippen molar-refractivity contribution in [2.75, 3.05) is 34.5 Å². The van der Waals surface area contributed by atoms with Gasteiger partial charge in [-0.1, -0.05) is 18.2 Å². The molecule has 7 heteroatoms. The molecule has 3 rings (SSSR count). The number of para-hydroxylation sites is 1. The van der Waals surface area contributed by atoms with Crippen LogP contribution in [0.4, 0.5) is 0 Å². The number of hydrogen-bond acceptors (Lipinski definition) is 6. The van der Waals surface area contributed by atoms with Gasteiger partial charge in [-0.25, -0.2) is 0 Å². The maximum Gasteiger partial charge on any atom is 0.295 e. The molecule has 7 nitrogen and oxygen atoms in total. The highest BCUT2D eigenvalue weighted by atomic mass is 16.5. The molecule has 2 aromatic rings. The predicted molar refractivity (Wildman–Crippen MR) is 116 cm³/mol. The minimum absolute atomic E-state index is 0.0384. The van der Waals surface area contributed by atoms with Gasteiger partial charge in [-0.2, -0.15) is 0 Å². The zero-order valence-corrected chi connectivity index (χ0v) is 18.2. The molecule has 0 aliphatic carbocycles. The summed E-state index contributed by atoms with van der Waals surface area (Å²) in [6, 6.07) is 11.5. The number of rotatable bonds is 8. The van der Waals surface area contributed by atoms with Gasteiger partial charge in [-0.15, -0.1) is 0 Å². The van der Waals surface area contributed by atoms with Crippen LogP contribution < -0.4 is 9.47 Å². The molecule has 1 amide bonds. The van der Waals surface area contributed by atoms with Crippen LogP contribution in [0.2, 0.25) is 0 Å². The summed E-state index contributed by atoms with van der Waals surface area (Å²) in [7, 11) is 4.68. The molecule has 0 aromatic heterocycles. The van der Waals surface area contributed by atoms with Crippen LogP contribution in [0.5, 0.6) is 11.5 Å². The molecule has 1 aliphatic rings. The molecular formula is C24H27NO6. The second kappa shape index (κ2) is 9.66. The Bertz CT molecular complexity index is 1010. The largest absolute Gasteiger partial charge is 0.507 e. The number of aryl methyl sites for hydroxylation is 1. The fourth-order valence-corrected chi connectivity index (χ4v) is 3.89. The molecule has 0 radical (unpaired) electrons. The van der Waals surface area contributed by atoms with Gasteiger partial charge in [-0.05, 0) is 43.2 Å². The number of Topliss-reactive ketones (excluding diaryl/α,β-unsaturated/α-hetero) is 1. The standard InChI is InChI=1S/C24H27NO6/c1-15-14-16(10-11-18(15)30-3)22(26)20-21(17-8-5-6-9-19(17)31-4)25(12-7-13-29-2)24(28)23(20)27/h5-6,8-11,14,21,26H,7,12-13H2,1-4H3. The number of aliphatic hydroxyl groups is 1. The lowest BCUT2D eigenvalue weighted by Crippen LogP contribution is -2.31. The van der Waals surface area contributed by atoms with Crippen LogP contribution in [-0.4, -0.2) is 56.2 Å². The average Bonchev–Trinajstić information content (AvgIpc) is 3.03. The normalized spacial score (nSPS) is 17.8. The highest BCUT2D eigenvalue weighted by Crippen LogP contribution is 2.42. The molecule has 0 spiro atoms. The van der Waals surface area contributed by atoms with Gasteiger partial charge in [0.05, 0.1) is 25.8 Å². The third-order valence-corrected chi connectivity index (χ3v) is 5.39. The topological polar surface area (TPSA) is 85.3 Å². The van der Waals surface area contributed by atoms with Gasteiger partial charge in [0.1, 0.15) is 17.3 Å². The lowest BCUT2D eigenvalue weighted by molar-refractivity contribution is -0.140.